The highest BCUT2D eigenvalue weighted by atomic mass is 79.9. The Bertz CT molecular complexity index is 422. The molecule has 0 aliphatic heterocycles. The molecule has 1 aromatic carbocycles. The third-order valence-corrected chi connectivity index (χ3v) is 3.05. The minimum Gasteiger partial charge on any atom is -0.504 e. The quantitative estimate of drug-likeness (QED) is 0.774. The monoisotopic (exact) mass is 303 g/mol. The van der Waals surface area contributed by atoms with Crippen molar-refractivity contribution in [3.05, 3.63) is 22.2 Å². The van der Waals surface area contributed by atoms with E-state index in [1.165, 1.54) is 13.2 Å². The van der Waals surface area contributed by atoms with Gasteiger partial charge < -0.3 is 20.7 Å². The second kappa shape index (κ2) is 5.88. The number of hydrogen-bond acceptors (Lipinski definition) is 4. The molecule has 0 bridgehead atoms. The molecular formula is C11H14BrNO4. The topological polar surface area (TPSA) is 92.8 Å². The Morgan fingerprint density at radius 1 is 1.59 bits per heavy atom. The van der Waals surface area contributed by atoms with Gasteiger partial charge in [0, 0.05) is 16.9 Å². The smallest absolute Gasteiger partial charge is 0.303 e. The molecule has 0 spiro atoms. The summed E-state index contributed by atoms with van der Waals surface area (Å²) in [5.41, 5.74) is 6.52. The molecule has 0 saturated carbocycles. The number of benzene rings is 1. The zero-order chi connectivity index (χ0) is 13.0. The molecule has 0 aliphatic rings. The average molecular weight is 304 g/mol. The van der Waals surface area contributed by atoms with Gasteiger partial charge in [-0.2, -0.15) is 0 Å². The Hall–Kier alpha value is -1.27. The molecular weight excluding hydrogens is 290 g/mol. The summed E-state index contributed by atoms with van der Waals surface area (Å²) in [5, 5.41) is 18.2. The van der Waals surface area contributed by atoms with Crippen LogP contribution in [-0.2, 0) is 4.79 Å². The normalized spacial score (nSPS) is 12.2. The van der Waals surface area contributed by atoms with Crippen molar-refractivity contribution in [2.45, 2.75) is 18.9 Å². The largest absolute Gasteiger partial charge is 0.504 e. The first-order valence-electron chi connectivity index (χ1n) is 4.99. The van der Waals surface area contributed by atoms with Crippen LogP contribution in [0, 0.1) is 0 Å². The van der Waals surface area contributed by atoms with Crippen molar-refractivity contribution in [3.8, 4) is 11.5 Å². The number of carbonyl (C=O) groups is 1. The molecule has 6 heteroatoms. The molecule has 0 aromatic heterocycles. The van der Waals surface area contributed by atoms with E-state index in [0.717, 1.165) is 0 Å². The van der Waals surface area contributed by atoms with E-state index in [4.69, 9.17) is 15.6 Å². The fraction of sp³-hybridized carbons (Fsp3) is 0.364. The Kier molecular flexibility index (Phi) is 4.77. The van der Waals surface area contributed by atoms with Crippen LogP contribution in [-0.4, -0.2) is 23.3 Å². The average Bonchev–Trinajstić information content (AvgIpc) is 2.28. The zero-order valence-corrected chi connectivity index (χ0v) is 10.9. The Morgan fingerprint density at radius 3 is 2.76 bits per heavy atom. The van der Waals surface area contributed by atoms with Crippen molar-refractivity contribution in [2.24, 2.45) is 5.73 Å². The number of halogens is 1. The van der Waals surface area contributed by atoms with Crippen LogP contribution in [0.3, 0.4) is 0 Å². The molecule has 0 heterocycles. The lowest BCUT2D eigenvalue weighted by Gasteiger charge is -2.14. The summed E-state index contributed by atoms with van der Waals surface area (Å²) >= 11 is 3.31. The lowest BCUT2D eigenvalue weighted by atomic mass is 10.0. The first kappa shape index (κ1) is 13.8. The van der Waals surface area contributed by atoms with Crippen LogP contribution in [0.2, 0.25) is 0 Å². The fourth-order valence-electron chi connectivity index (χ4n) is 1.44. The third kappa shape index (κ3) is 3.61. The second-order valence-corrected chi connectivity index (χ2v) is 4.44. The number of phenols is 1. The number of phenolic OH excluding ortho intramolecular Hbond substituents is 1. The number of aromatic hydroxyl groups is 1. The first-order valence-corrected chi connectivity index (χ1v) is 5.78. The maximum absolute atomic E-state index is 10.5. The lowest BCUT2D eigenvalue weighted by Crippen LogP contribution is -2.13. The van der Waals surface area contributed by atoms with Gasteiger partial charge in [-0.15, -0.1) is 0 Å². The van der Waals surface area contributed by atoms with Gasteiger partial charge in [0.15, 0.2) is 11.5 Å². The van der Waals surface area contributed by atoms with Gasteiger partial charge in [0.1, 0.15) is 0 Å². The number of carboxylic acid groups (broad SMARTS) is 1. The van der Waals surface area contributed by atoms with Crippen LogP contribution >= 0.6 is 15.9 Å². The molecule has 5 nitrogen and oxygen atoms in total. The molecule has 0 fully saturated rings. The van der Waals surface area contributed by atoms with E-state index in [9.17, 15) is 9.90 Å². The van der Waals surface area contributed by atoms with Crippen molar-refractivity contribution >= 4 is 21.9 Å². The number of hydrogen-bond donors (Lipinski definition) is 3. The van der Waals surface area contributed by atoms with Crippen molar-refractivity contribution in [2.75, 3.05) is 7.11 Å². The minimum absolute atomic E-state index is 0.0135. The fourth-order valence-corrected chi connectivity index (χ4v) is 2.06. The molecule has 1 rings (SSSR count). The summed E-state index contributed by atoms with van der Waals surface area (Å²) in [6.07, 6.45) is 0.292. The third-order valence-electron chi connectivity index (χ3n) is 2.37. The summed E-state index contributed by atoms with van der Waals surface area (Å²) in [7, 11) is 1.45. The lowest BCUT2D eigenvalue weighted by molar-refractivity contribution is -0.137. The number of ether oxygens (including phenoxy) is 1. The minimum atomic E-state index is -0.894. The summed E-state index contributed by atoms with van der Waals surface area (Å²) < 4.78 is 5.63. The number of nitrogens with two attached hydrogens (primary N) is 1. The van der Waals surface area contributed by atoms with Crippen LogP contribution in [0.1, 0.15) is 24.4 Å². The van der Waals surface area contributed by atoms with Gasteiger partial charge in [0.2, 0.25) is 0 Å². The maximum atomic E-state index is 10.5. The molecule has 0 aliphatic carbocycles. The van der Waals surface area contributed by atoms with Crippen LogP contribution in [0.15, 0.2) is 16.6 Å². The van der Waals surface area contributed by atoms with Gasteiger partial charge in [-0.3, -0.25) is 4.79 Å². The molecule has 4 N–H and O–H groups in total. The van der Waals surface area contributed by atoms with Gasteiger partial charge in [-0.25, -0.2) is 0 Å². The van der Waals surface area contributed by atoms with Crippen LogP contribution in [0.4, 0.5) is 0 Å². The van der Waals surface area contributed by atoms with E-state index >= 15 is 0 Å². The van der Waals surface area contributed by atoms with Gasteiger partial charge in [-0.1, -0.05) is 15.9 Å². The maximum Gasteiger partial charge on any atom is 0.303 e. The van der Waals surface area contributed by atoms with Crippen molar-refractivity contribution in [1.82, 2.24) is 0 Å². The highest BCUT2D eigenvalue weighted by molar-refractivity contribution is 9.10. The number of methoxy groups -OCH3 is 1. The molecule has 0 radical (unpaired) electrons. The second-order valence-electron chi connectivity index (χ2n) is 3.58. The van der Waals surface area contributed by atoms with Crippen LogP contribution < -0.4 is 10.5 Å². The number of carboxylic acids is 1. The van der Waals surface area contributed by atoms with Gasteiger partial charge >= 0.3 is 5.97 Å². The first-order chi connectivity index (χ1) is 7.95. The van der Waals surface area contributed by atoms with Gasteiger partial charge in [-0.05, 0) is 24.1 Å². The Balaban J connectivity index is 2.90. The molecule has 17 heavy (non-hydrogen) atoms. The number of rotatable bonds is 5. The number of aliphatic carboxylic acids is 1. The highest BCUT2D eigenvalue weighted by Crippen LogP contribution is 2.35. The van der Waals surface area contributed by atoms with Crippen LogP contribution in [0.25, 0.3) is 0 Å². The summed E-state index contributed by atoms with van der Waals surface area (Å²) in [6, 6.07) is 2.64. The summed E-state index contributed by atoms with van der Waals surface area (Å²) in [5.74, 6) is -0.572. The molecule has 94 valence electrons. The Labute approximate surface area is 107 Å². The van der Waals surface area contributed by atoms with Gasteiger partial charge in [0.05, 0.1) is 7.11 Å². The molecule has 1 unspecified atom stereocenters. The molecule has 1 atom stereocenters. The standard InChI is InChI=1S/C11H14BrNO4/c1-17-10-5-7(12)6(4-9(10)14)8(13)2-3-11(15)16/h4-5,8,14H,2-3,13H2,1H3,(H,15,16). The summed E-state index contributed by atoms with van der Waals surface area (Å²) in [6.45, 7) is 0. The summed E-state index contributed by atoms with van der Waals surface area (Å²) in [4.78, 5) is 10.5. The SMILES string of the molecule is COc1cc(Br)c(C(N)CCC(=O)O)cc1O. The van der Waals surface area contributed by atoms with Crippen molar-refractivity contribution in [3.63, 3.8) is 0 Å². The van der Waals surface area contributed by atoms with Crippen LogP contribution in [0.5, 0.6) is 11.5 Å². The van der Waals surface area contributed by atoms with E-state index in [0.29, 0.717) is 22.2 Å². The van der Waals surface area contributed by atoms with Gasteiger partial charge in [0.25, 0.3) is 0 Å². The predicted molar refractivity (Wildman–Crippen MR) is 66.2 cm³/mol. The van der Waals surface area contributed by atoms with Crippen molar-refractivity contribution in [1.29, 1.82) is 0 Å². The van der Waals surface area contributed by atoms with E-state index in [1.807, 2.05) is 0 Å². The molecule has 1 aromatic rings. The van der Waals surface area contributed by atoms with Crippen molar-refractivity contribution < 1.29 is 19.7 Å². The Morgan fingerprint density at radius 2 is 2.24 bits per heavy atom. The molecule has 0 saturated heterocycles. The van der Waals surface area contributed by atoms with E-state index in [-0.39, 0.29) is 12.2 Å². The van der Waals surface area contributed by atoms with E-state index in [2.05, 4.69) is 15.9 Å². The predicted octanol–water partition coefficient (Wildman–Crippen LogP) is 2.03. The van der Waals surface area contributed by atoms with E-state index in [1.54, 1.807) is 6.07 Å². The highest BCUT2D eigenvalue weighted by Gasteiger charge is 2.15. The molecule has 0 amide bonds. The van der Waals surface area contributed by atoms with E-state index < -0.39 is 12.0 Å². The zero-order valence-electron chi connectivity index (χ0n) is 9.31.